The van der Waals surface area contributed by atoms with E-state index in [1.807, 2.05) is 0 Å². The van der Waals surface area contributed by atoms with Crippen molar-refractivity contribution in [1.82, 2.24) is 5.32 Å². The van der Waals surface area contributed by atoms with Crippen molar-refractivity contribution in [3.05, 3.63) is 23.8 Å². The molecule has 0 saturated heterocycles. The Kier molecular flexibility index (Phi) is 6.13. The first kappa shape index (κ1) is 17.1. The summed E-state index contributed by atoms with van der Waals surface area (Å²) in [6.07, 6.45) is 5.49. The second kappa shape index (κ2) is 7.87. The zero-order valence-corrected chi connectivity index (χ0v) is 14.6. The van der Waals surface area contributed by atoms with Crippen molar-refractivity contribution in [2.45, 2.75) is 71.4 Å². The summed E-state index contributed by atoms with van der Waals surface area (Å²) in [4.78, 5) is 0. The fourth-order valence-electron chi connectivity index (χ4n) is 2.90. The van der Waals surface area contributed by atoms with Gasteiger partial charge in [-0.05, 0) is 38.8 Å². The fraction of sp³-hybridized carbons (Fsp3) is 0.684. The quantitative estimate of drug-likeness (QED) is 0.696. The minimum Gasteiger partial charge on any atom is -0.493 e. The van der Waals surface area contributed by atoms with Gasteiger partial charge in [-0.25, -0.2) is 0 Å². The lowest BCUT2D eigenvalue weighted by molar-refractivity contribution is 0.0439. The predicted molar refractivity (Wildman–Crippen MR) is 91.8 cm³/mol. The van der Waals surface area contributed by atoms with E-state index in [1.165, 1.54) is 18.4 Å². The largest absolute Gasteiger partial charge is 0.493 e. The molecule has 0 radical (unpaired) electrons. The second-order valence-corrected chi connectivity index (χ2v) is 6.52. The zero-order valence-electron chi connectivity index (χ0n) is 14.6. The van der Waals surface area contributed by atoms with Gasteiger partial charge in [0.2, 0.25) is 0 Å². The molecule has 1 aromatic rings. The molecule has 2 rings (SSSR count). The lowest BCUT2D eigenvalue weighted by atomic mass is 9.86. The monoisotopic (exact) mass is 305 g/mol. The van der Waals surface area contributed by atoms with E-state index in [2.05, 4.69) is 51.2 Å². The normalized spacial score (nSPS) is 23.7. The van der Waals surface area contributed by atoms with E-state index in [0.717, 1.165) is 43.9 Å². The van der Waals surface area contributed by atoms with Crippen molar-refractivity contribution in [2.75, 3.05) is 13.2 Å². The van der Waals surface area contributed by atoms with E-state index < -0.39 is 0 Å². The smallest absolute Gasteiger partial charge is 0.128 e. The van der Waals surface area contributed by atoms with Crippen LogP contribution in [0.25, 0.3) is 0 Å². The third-order valence-corrected chi connectivity index (χ3v) is 4.49. The Morgan fingerprint density at radius 3 is 2.77 bits per heavy atom. The van der Waals surface area contributed by atoms with E-state index in [4.69, 9.17) is 9.47 Å². The molecule has 0 bridgehead atoms. The van der Waals surface area contributed by atoms with Gasteiger partial charge in [-0.15, -0.1) is 0 Å². The van der Waals surface area contributed by atoms with Crippen LogP contribution in [-0.2, 0) is 0 Å². The van der Waals surface area contributed by atoms with E-state index >= 15 is 0 Å². The van der Waals surface area contributed by atoms with Crippen LogP contribution >= 0.6 is 0 Å². The van der Waals surface area contributed by atoms with Crippen molar-refractivity contribution < 1.29 is 9.47 Å². The minimum atomic E-state index is -0.0970. The third-order valence-electron chi connectivity index (χ3n) is 4.49. The lowest BCUT2D eigenvalue weighted by Crippen LogP contribution is -2.41. The van der Waals surface area contributed by atoms with Gasteiger partial charge in [0.05, 0.1) is 6.61 Å². The molecule has 0 spiro atoms. The molecule has 22 heavy (non-hydrogen) atoms. The molecule has 1 aromatic carbocycles. The Hall–Kier alpha value is -1.22. The van der Waals surface area contributed by atoms with Gasteiger partial charge >= 0.3 is 0 Å². The van der Waals surface area contributed by atoms with Crippen molar-refractivity contribution >= 4 is 0 Å². The molecule has 3 nitrogen and oxygen atoms in total. The van der Waals surface area contributed by atoms with E-state index in [-0.39, 0.29) is 5.60 Å². The zero-order chi connectivity index (χ0) is 16.0. The molecule has 0 aliphatic carbocycles. The molecule has 1 N–H and O–H groups in total. The standard InChI is InChI=1S/C19H31NO2/c1-5-8-11-20-17-14-19(4,7-3)22-18-13-15(21-12-6-2)9-10-16(17)18/h9-10,13,17,20H,5-8,11-12,14H2,1-4H3. The molecule has 2 unspecified atom stereocenters. The van der Waals surface area contributed by atoms with Crippen LogP contribution in [0.15, 0.2) is 18.2 Å². The SMILES string of the molecule is CCCCNC1CC(C)(CC)Oc2cc(OCCC)ccc21. The highest BCUT2D eigenvalue weighted by Gasteiger charge is 2.35. The minimum absolute atomic E-state index is 0.0970. The first-order valence-electron chi connectivity index (χ1n) is 8.81. The second-order valence-electron chi connectivity index (χ2n) is 6.52. The molecule has 0 fully saturated rings. The Balaban J connectivity index is 2.20. The summed E-state index contributed by atoms with van der Waals surface area (Å²) < 4.78 is 12.1. The number of nitrogens with one attached hydrogen (secondary N) is 1. The molecule has 0 amide bonds. The maximum absolute atomic E-state index is 6.31. The van der Waals surface area contributed by atoms with Crippen molar-refractivity contribution in [3.63, 3.8) is 0 Å². The van der Waals surface area contributed by atoms with Crippen LogP contribution in [0.5, 0.6) is 11.5 Å². The van der Waals surface area contributed by atoms with Gasteiger partial charge in [0.15, 0.2) is 0 Å². The third kappa shape index (κ3) is 4.16. The molecule has 1 aliphatic heterocycles. The van der Waals surface area contributed by atoms with Crippen LogP contribution in [0.2, 0.25) is 0 Å². The fourth-order valence-corrected chi connectivity index (χ4v) is 2.90. The molecule has 3 heteroatoms. The van der Waals surface area contributed by atoms with Crippen molar-refractivity contribution in [3.8, 4) is 11.5 Å². The van der Waals surface area contributed by atoms with Gasteiger partial charge < -0.3 is 14.8 Å². The van der Waals surface area contributed by atoms with E-state index in [1.54, 1.807) is 0 Å². The summed E-state index contributed by atoms with van der Waals surface area (Å²) in [6, 6.07) is 6.67. The molecule has 1 heterocycles. The van der Waals surface area contributed by atoms with Gasteiger partial charge in [-0.1, -0.05) is 33.3 Å². The highest BCUT2D eigenvalue weighted by Crippen LogP contribution is 2.42. The van der Waals surface area contributed by atoms with Crippen LogP contribution in [0, 0.1) is 0 Å². The molecule has 2 atom stereocenters. The summed E-state index contributed by atoms with van der Waals surface area (Å²) >= 11 is 0. The van der Waals surface area contributed by atoms with Gasteiger partial charge in [0, 0.05) is 24.1 Å². The number of ether oxygens (including phenoxy) is 2. The number of fused-ring (bicyclic) bond motifs is 1. The number of hydrogen-bond donors (Lipinski definition) is 1. The van der Waals surface area contributed by atoms with Gasteiger partial charge in [-0.2, -0.15) is 0 Å². The van der Waals surface area contributed by atoms with E-state index in [0.29, 0.717) is 6.04 Å². The predicted octanol–water partition coefficient (Wildman–Crippen LogP) is 4.86. The van der Waals surface area contributed by atoms with Crippen LogP contribution in [0.3, 0.4) is 0 Å². The van der Waals surface area contributed by atoms with Gasteiger partial charge in [-0.3, -0.25) is 0 Å². The summed E-state index contributed by atoms with van der Waals surface area (Å²) in [7, 11) is 0. The highest BCUT2D eigenvalue weighted by atomic mass is 16.5. The lowest BCUT2D eigenvalue weighted by Gasteiger charge is -2.40. The summed E-state index contributed by atoms with van der Waals surface area (Å²) in [5.41, 5.74) is 1.17. The van der Waals surface area contributed by atoms with E-state index in [9.17, 15) is 0 Å². The molecule has 0 aromatic heterocycles. The summed E-state index contributed by atoms with van der Waals surface area (Å²) in [5, 5.41) is 3.71. The number of rotatable bonds is 8. The first-order valence-corrected chi connectivity index (χ1v) is 8.81. The Morgan fingerprint density at radius 2 is 2.09 bits per heavy atom. The van der Waals surface area contributed by atoms with Gasteiger partial charge in [0.25, 0.3) is 0 Å². The Bertz CT molecular complexity index is 475. The van der Waals surface area contributed by atoms with Crippen molar-refractivity contribution in [1.29, 1.82) is 0 Å². The molecule has 124 valence electrons. The summed E-state index contributed by atoms with van der Waals surface area (Å²) in [6.45, 7) is 10.6. The number of unbranched alkanes of at least 4 members (excludes halogenated alkanes) is 1. The Labute approximate surface area is 135 Å². The average molecular weight is 305 g/mol. The highest BCUT2D eigenvalue weighted by molar-refractivity contribution is 5.44. The summed E-state index contributed by atoms with van der Waals surface area (Å²) in [5.74, 6) is 1.89. The number of hydrogen-bond acceptors (Lipinski definition) is 3. The topological polar surface area (TPSA) is 30.5 Å². The molecular formula is C19H31NO2. The van der Waals surface area contributed by atoms with Crippen LogP contribution < -0.4 is 14.8 Å². The first-order chi connectivity index (χ1) is 10.6. The molecule has 1 aliphatic rings. The Morgan fingerprint density at radius 1 is 1.27 bits per heavy atom. The van der Waals surface area contributed by atoms with Gasteiger partial charge in [0.1, 0.15) is 17.1 Å². The van der Waals surface area contributed by atoms with Crippen molar-refractivity contribution in [2.24, 2.45) is 0 Å². The number of benzene rings is 1. The average Bonchev–Trinajstić information content (AvgIpc) is 2.52. The maximum Gasteiger partial charge on any atom is 0.128 e. The molecule has 0 saturated carbocycles. The maximum atomic E-state index is 6.31. The molecular weight excluding hydrogens is 274 g/mol. The van der Waals surface area contributed by atoms with Crippen LogP contribution in [0.4, 0.5) is 0 Å². The van der Waals surface area contributed by atoms with Crippen LogP contribution in [0.1, 0.15) is 71.4 Å². The van der Waals surface area contributed by atoms with Crippen LogP contribution in [-0.4, -0.2) is 18.8 Å².